The van der Waals surface area contributed by atoms with Crippen molar-refractivity contribution in [3.8, 4) is 0 Å². The SMILES string of the molecule is CN(C)c1ccnc(CNC(=O)c2cc3ccccc3s2)n1. The molecule has 6 heteroatoms. The van der Waals surface area contributed by atoms with Gasteiger partial charge in [-0.3, -0.25) is 4.79 Å². The Balaban J connectivity index is 1.70. The molecule has 0 fully saturated rings. The van der Waals surface area contributed by atoms with Gasteiger partial charge in [-0.1, -0.05) is 18.2 Å². The molecule has 1 amide bonds. The number of rotatable bonds is 4. The summed E-state index contributed by atoms with van der Waals surface area (Å²) in [7, 11) is 3.84. The predicted molar refractivity (Wildman–Crippen MR) is 89.4 cm³/mol. The number of thiophene rings is 1. The Kier molecular flexibility index (Phi) is 4.02. The summed E-state index contributed by atoms with van der Waals surface area (Å²) < 4.78 is 1.11. The van der Waals surface area contributed by atoms with Crippen molar-refractivity contribution in [3.05, 3.63) is 53.3 Å². The monoisotopic (exact) mass is 312 g/mol. The molecule has 0 unspecified atom stereocenters. The second-order valence-corrected chi connectivity index (χ2v) is 6.14. The number of amides is 1. The van der Waals surface area contributed by atoms with E-state index in [0.717, 1.165) is 15.9 Å². The molecule has 0 saturated heterocycles. The fourth-order valence-electron chi connectivity index (χ4n) is 2.06. The molecular weight excluding hydrogens is 296 g/mol. The zero-order valence-electron chi connectivity index (χ0n) is 12.4. The van der Waals surface area contributed by atoms with Crippen LogP contribution in [0.3, 0.4) is 0 Å². The molecule has 1 N–H and O–H groups in total. The first kappa shape index (κ1) is 14.5. The molecule has 0 aliphatic heterocycles. The van der Waals surface area contributed by atoms with Crippen LogP contribution in [-0.2, 0) is 6.54 Å². The molecule has 0 saturated carbocycles. The van der Waals surface area contributed by atoms with Gasteiger partial charge in [-0.15, -0.1) is 11.3 Å². The third-order valence-electron chi connectivity index (χ3n) is 3.21. The van der Waals surface area contributed by atoms with E-state index < -0.39 is 0 Å². The van der Waals surface area contributed by atoms with Crippen LogP contribution in [0.5, 0.6) is 0 Å². The summed E-state index contributed by atoms with van der Waals surface area (Å²) in [6.07, 6.45) is 1.70. The van der Waals surface area contributed by atoms with E-state index in [-0.39, 0.29) is 5.91 Å². The van der Waals surface area contributed by atoms with Crippen LogP contribution < -0.4 is 10.2 Å². The van der Waals surface area contributed by atoms with Crippen molar-refractivity contribution in [1.29, 1.82) is 0 Å². The number of nitrogens with one attached hydrogen (secondary N) is 1. The molecule has 0 aliphatic carbocycles. The molecule has 3 rings (SSSR count). The fraction of sp³-hybridized carbons (Fsp3) is 0.188. The quantitative estimate of drug-likeness (QED) is 0.805. The number of nitrogens with zero attached hydrogens (tertiary/aromatic N) is 3. The van der Waals surface area contributed by atoms with E-state index in [2.05, 4.69) is 15.3 Å². The topological polar surface area (TPSA) is 58.1 Å². The number of fused-ring (bicyclic) bond motifs is 1. The smallest absolute Gasteiger partial charge is 0.261 e. The summed E-state index contributed by atoms with van der Waals surface area (Å²) in [6, 6.07) is 11.7. The molecule has 2 aromatic heterocycles. The lowest BCUT2D eigenvalue weighted by molar-refractivity contribution is 0.0954. The van der Waals surface area contributed by atoms with Gasteiger partial charge >= 0.3 is 0 Å². The van der Waals surface area contributed by atoms with Gasteiger partial charge in [0.05, 0.1) is 11.4 Å². The van der Waals surface area contributed by atoms with Crippen LogP contribution >= 0.6 is 11.3 Å². The van der Waals surface area contributed by atoms with Crippen molar-refractivity contribution in [1.82, 2.24) is 15.3 Å². The lowest BCUT2D eigenvalue weighted by Gasteiger charge is -2.11. The number of carbonyl (C=O) groups is 1. The average molecular weight is 312 g/mol. The molecule has 22 heavy (non-hydrogen) atoms. The highest BCUT2D eigenvalue weighted by Gasteiger charge is 2.10. The van der Waals surface area contributed by atoms with Crippen LogP contribution in [0.2, 0.25) is 0 Å². The molecule has 1 aromatic carbocycles. The van der Waals surface area contributed by atoms with E-state index in [1.807, 2.05) is 55.4 Å². The molecule has 3 aromatic rings. The molecule has 0 spiro atoms. The van der Waals surface area contributed by atoms with Crippen molar-refractivity contribution < 1.29 is 4.79 Å². The molecule has 0 aliphatic rings. The summed E-state index contributed by atoms with van der Waals surface area (Å²) in [5.41, 5.74) is 0. The van der Waals surface area contributed by atoms with Crippen LogP contribution in [0.25, 0.3) is 10.1 Å². The Bertz CT molecular complexity index is 780. The lowest BCUT2D eigenvalue weighted by atomic mass is 10.2. The summed E-state index contributed by atoms with van der Waals surface area (Å²) >= 11 is 1.49. The molecule has 0 bridgehead atoms. The van der Waals surface area contributed by atoms with Gasteiger partial charge in [-0.05, 0) is 23.6 Å². The molecule has 0 radical (unpaired) electrons. The molecule has 5 nitrogen and oxygen atoms in total. The number of hydrogen-bond acceptors (Lipinski definition) is 5. The van der Waals surface area contributed by atoms with E-state index in [0.29, 0.717) is 17.2 Å². The van der Waals surface area contributed by atoms with Gasteiger partial charge < -0.3 is 10.2 Å². The Morgan fingerprint density at radius 3 is 2.86 bits per heavy atom. The highest BCUT2D eigenvalue weighted by atomic mass is 32.1. The van der Waals surface area contributed by atoms with Gasteiger partial charge in [-0.25, -0.2) is 9.97 Å². The van der Waals surface area contributed by atoms with Crippen molar-refractivity contribution in [2.75, 3.05) is 19.0 Å². The molecular formula is C16H16N4OS. The molecule has 2 heterocycles. The van der Waals surface area contributed by atoms with E-state index in [1.54, 1.807) is 6.20 Å². The van der Waals surface area contributed by atoms with Gasteiger partial charge in [-0.2, -0.15) is 0 Å². The Morgan fingerprint density at radius 1 is 1.27 bits per heavy atom. The van der Waals surface area contributed by atoms with Gasteiger partial charge in [0.25, 0.3) is 5.91 Å². The average Bonchev–Trinajstić information content (AvgIpc) is 2.97. The molecule has 112 valence electrons. The highest BCUT2D eigenvalue weighted by Crippen LogP contribution is 2.25. The van der Waals surface area contributed by atoms with E-state index in [9.17, 15) is 4.79 Å². The summed E-state index contributed by atoms with van der Waals surface area (Å²) in [5.74, 6) is 1.32. The number of anilines is 1. The second kappa shape index (κ2) is 6.11. The van der Waals surface area contributed by atoms with Crippen LogP contribution in [0, 0.1) is 0 Å². The van der Waals surface area contributed by atoms with Gasteiger partial charge in [0, 0.05) is 25.0 Å². The minimum absolute atomic E-state index is 0.0972. The molecule has 0 atom stereocenters. The third kappa shape index (κ3) is 3.07. The number of benzene rings is 1. The third-order valence-corrected chi connectivity index (χ3v) is 4.32. The van der Waals surface area contributed by atoms with E-state index in [1.165, 1.54) is 11.3 Å². The first-order chi connectivity index (χ1) is 10.6. The standard InChI is InChI=1S/C16H16N4OS/c1-20(2)15-7-8-17-14(19-15)10-18-16(21)13-9-11-5-3-4-6-12(11)22-13/h3-9H,10H2,1-2H3,(H,18,21). The predicted octanol–water partition coefficient (Wildman–Crippen LogP) is 2.69. The van der Waals surface area contributed by atoms with Crippen LogP contribution in [0.4, 0.5) is 5.82 Å². The zero-order valence-corrected chi connectivity index (χ0v) is 13.2. The van der Waals surface area contributed by atoms with Gasteiger partial charge in [0.1, 0.15) is 11.6 Å². The zero-order chi connectivity index (χ0) is 15.5. The second-order valence-electron chi connectivity index (χ2n) is 5.06. The fourth-order valence-corrected chi connectivity index (χ4v) is 3.04. The minimum Gasteiger partial charge on any atom is -0.363 e. The number of carbonyl (C=O) groups excluding carboxylic acids is 1. The van der Waals surface area contributed by atoms with Crippen molar-refractivity contribution in [2.24, 2.45) is 0 Å². The Morgan fingerprint density at radius 2 is 2.09 bits per heavy atom. The lowest BCUT2D eigenvalue weighted by Crippen LogP contribution is -2.23. The normalized spacial score (nSPS) is 10.6. The van der Waals surface area contributed by atoms with Crippen LogP contribution in [0.1, 0.15) is 15.5 Å². The summed E-state index contributed by atoms with van der Waals surface area (Å²) in [5, 5.41) is 3.96. The van der Waals surface area contributed by atoms with Crippen molar-refractivity contribution in [3.63, 3.8) is 0 Å². The maximum Gasteiger partial charge on any atom is 0.261 e. The Labute approximate surface area is 132 Å². The largest absolute Gasteiger partial charge is 0.363 e. The Hall–Kier alpha value is -2.47. The highest BCUT2D eigenvalue weighted by molar-refractivity contribution is 7.20. The van der Waals surface area contributed by atoms with Crippen LogP contribution in [-0.4, -0.2) is 30.0 Å². The van der Waals surface area contributed by atoms with Gasteiger partial charge in [0.2, 0.25) is 0 Å². The number of hydrogen-bond donors (Lipinski definition) is 1. The summed E-state index contributed by atoms with van der Waals surface area (Å²) in [6.45, 7) is 0.314. The van der Waals surface area contributed by atoms with Crippen LogP contribution in [0.15, 0.2) is 42.6 Å². The van der Waals surface area contributed by atoms with Crippen molar-refractivity contribution in [2.45, 2.75) is 6.54 Å². The first-order valence-electron chi connectivity index (χ1n) is 6.89. The van der Waals surface area contributed by atoms with E-state index in [4.69, 9.17) is 0 Å². The maximum absolute atomic E-state index is 12.2. The maximum atomic E-state index is 12.2. The van der Waals surface area contributed by atoms with Gasteiger partial charge in [0.15, 0.2) is 0 Å². The first-order valence-corrected chi connectivity index (χ1v) is 7.71. The minimum atomic E-state index is -0.0972. The van der Waals surface area contributed by atoms with Crippen molar-refractivity contribution >= 4 is 33.1 Å². The summed E-state index contributed by atoms with van der Waals surface area (Å²) in [4.78, 5) is 23.4. The van der Waals surface area contributed by atoms with E-state index >= 15 is 0 Å². The number of aromatic nitrogens is 2.